The van der Waals surface area contributed by atoms with E-state index in [0.29, 0.717) is 10.7 Å². The third-order valence-corrected chi connectivity index (χ3v) is 4.62. The maximum absolute atomic E-state index is 12.5. The maximum atomic E-state index is 12.5. The highest BCUT2D eigenvalue weighted by Gasteiger charge is 2.26. The average molecular weight is 283 g/mol. The van der Waals surface area contributed by atoms with Gasteiger partial charge in [-0.3, -0.25) is 4.79 Å². The molecule has 19 heavy (non-hydrogen) atoms. The van der Waals surface area contributed by atoms with Gasteiger partial charge in [-0.05, 0) is 25.9 Å². The number of nitrogens with one attached hydrogen (secondary N) is 1. The minimum absolute atomic E-state index is 0.0185. The number of anilines is 2. The number of nitrogens with two attached hydrogens (primary N) is 1. The predicted octanol–water partition coefficient (Wildman–Crippen LogP) is 0.615. The molecule has 6 nitrogen and oxygen atoms in total. The van der Waals surface area contributed by atoms with Crippen LogP contribution in [0.5, 0.6) is 0 Å². The molecule has 0 bridgehead atoms. The number of hydrogen-bond donors (Lipinski definition) is 2. The number of carbonyl (C=O) groups excluding carboxylic acids is 1. The number of thiazole rings is 1. The zero-order valence-corrected chi connectivity index (χ0v) is 12.5. The number of nitrogen functional groups attached to an aromatic ring is 1. The lowest BCUT2D eigenvalue weighted by atomic mass is 10.1. The summed E-state index contributed by atoms with van der Waals surface area (Å²) in [5.74, 6) is 0.314. The van der Waals surface area contributed by atoms with E-state index in [4.69, 9.17) is 5.73 Å². The standard InChI is InChI=1S/C12H21N5OS/c1-16(2)12-15-10(13)9(19-12)11(18)17(3)8-4-6-14-7-5-8/h8,14H,4-7,13H2,1-3H3. The molecule has 0 aromatic carbocycles. The molecule has 1 saturated heterocycles. The molecule has 1 aliphatic heterocycles. The fraction of sp³-hybridized carbons (Fsp3) is 0.667. The van der Waals surface area contributed by atoms with Crippen molar-refractivity contribution in [3.8, 4) is 0 Å². The van der Waals surface area contributed by atoms with Gasteiger partial charge in [0.25, 0.3) is 5.91 Å². The molecule has 1 amide bonds. The van der Waals surface area contributed by atoms with Crippen LogP contribution in [0.1, 0.15) is 22.5 Å². The predicted molar refractivity (Wildman–Crippen MR) is 78.8 cm³/mol. The summed E-state index contributed by atoms with van der Waals surface area (Å²) in [4.78, 5) is 20.9. The first-order valence-electron chi connectivity index (χ1n) is 6.42. The molecule has 1 aromatic heterocycles. The summed E-state index contributed by atoms with van der Waals surface area (Å²) in [7, 11) is 5.64. The Balaban J connectivity index is 2.14. The van der Waals surface area contributed by atoms with Crippen LogP contribution >= 0.6 is 11.3 Å². The highest BCUT2D eigenvalue weighted by atomic mass is 32.1. The van der Waals surface area contributed by atoms with Crippen molar-refractivity contribution in [3.63, 3.8) is 0 Å². The summed E-state index contributed by atoms with van der Waals surface area (Å²) in [5.41, 5.74) is 5.86. The van der Waals surface area contributed by atoms with E-state index in [1.165, 1.54) is 11.3 Å². The van der Waals surface area contributed by atoms with Gasteiger partial charge < -0.3 is 20.9 Å². The van der Waals surface area contributed by atoms with Crippen LogP contribution in [-0.2, 0) is 0 Å². The van der Waals surface area contributed by atoms with Crippen LogP contribution in [0.2, 0.25) is 0 Å². The molecule has 0 atom stereocenters. The van der Waals surface area contributed by atoms with E-state index in [2.05, 4.69) is 10.3 Å². The van der Waals surface area contributed by atoms with Gasteiger partial charge in [-0.25, -0.2) is 4.98 Å². The first kappa shape index (κ1) is 14.1. The summed E-state index contributed by atoms with van der Waals surface area (Å²) >= 11 is 1.35. The van der Waals surface area contributed by atoms with Crippen molar-refractivity contribution in [2.75, 3.05) is 44.9 Å². The topological polar surface area (TPSA) is 74.5 Å². The van der Waals surface area contributed by atoms with Crippen molar-refractivity contribution >= 4 is 28.2 Å². The number of piperidine rings is 1. The number of rotatable bonds is 3. The molecule has 1 aliphatic rings. The summed E-state index contributed by atoms with van der Waals surface area (Å²) in [6.07, 6.45) is 1.98. The maximum Gasteiger partial charge on any atom is 0.267 e. The second-order valence-corrected chi connectivity index (χ2v) is 5.98. The number of carbonyl (C=O) groups is 1. The lowest BCUT2D eigenvalue weighted by Gasteiger charge is -2.31. The summed E-state index contributed by atoms with van der Waals surface area (Å²) in [5, 5.41) is 4.06. The van der Waals surface area contributed by atoms with Crippen molar-refractivity contribution in [1.29, 1.82) is 0 Å². The highest BCUT2D eigenvalue weighted by molar-refractivity contribution is 7.18. The largest absolute Gasteiger partial charge is 0.382 e. The first-order valence-corrected chi connectivity index (χ1v) is 7.24. The fourth-order valence-electron chi connectivity index (χ4n) is 2.18. The van der Waals surface area contributed by atoms with Gasteiger partial charge in [-0.15, -0.1) is 0 Å². The van der Waals surface area contributed by atoms with Crippen molar-refractivity contribution in [2.24, 2.45) is 0 Å². The second kappa shape index (κ2) is 5.75. The van der Waals surface area contributed by atoms with Crippen LogP contribution in [0.4, 0.5) is 10.9 Å². The smallest absolute Gasteiger partial charge is 0.267 e. The van der Waals surface area contributed by atoms with E-state index in [1.54, 1.807) is 0 Å². The number of amides is 1. The van der Waals surface area contributed by atoms with Crippen LogP contribution in [0.25, 0.3) is 0 Å². The van der Waals surface area contributed by atoms with E-state index in [1.807, 2.05) is 30.9 Å². The molecule has 106 valence electrons. The molecular weight excluding hydrogens is 262 g/mol. The van der Waals surface area contributed by atoms with Gasteiger partial charge in [0.15, 0.2) is 5.13 Å². The molecule has 0 aliphatic carbocycles. The molecule has 1 aromatic rings. The van der Waals surface area contributed by atoms with Gasteiger partial charge in [0.2, 0.25) is 0 Å². The zero-order valence-electron chi connectivity index (χ0n) is 11.6. The number of nitrogens with zero attached hydrogens (tertiary/aromatic N) is 3. The van der Waals surface area contributed by atoms with Gasteiger partial charge in [-0.1, -0.05) is 11.3 Å². The Morgan fingerprint density at radius 2 is 2.00 bits per heavy atom. The molecule has 0 radical (unpaired) electrons. The Labute approximate surface area is 117 Å². The van der Waals surface area contributed by atoms with Crippen molar-refractivity contribution in [2.45, 2.75) is 18.9 Å². The monoisotopic (exact) mass is 283 g/mol. The van der Waals surface area contributed by atoms with Crippen LogP contribution in [0, 0.1) is 0 Å². The van der Waals surface area contributed by atoms with Gasteiger partial charge >= 0.3 is 0 Å². The fourth-order valence-corrected chi connectivity index (χ4v) is 3.08. The van der Waals surface area contributed by atoms with E-state index in [0.717, 1.165) is 31.1 Å². The van der Waals surface area contributed by atoms with Crippen molar-refractivity contribution < 1.29 is 4.79 Å². The van der Waals surface area contributed by atoms with Crippen LogP contribution in [0.3, 0.4) is 0 Å². The van der Waals surface area contributed by atoms with Crippen LogP contribution in [-0.4, -0.2) is 56.1 Å². The van der Waals surface area contributed by atoms with Crippen molar-refractivity contribution in [3.05, 3.63) is 4.88 Å². The minimum Gasteiger partial charge on any atom is -0.382 e. The third kappa shape index (κ3) is 2.98. The molecule has 0 spiro atoms. The van der Waals surface area contributed by atoms with E-state index >= 15 is 0 Å². The van der Waals surface area contributed by atoms with Crippen LogP contribution < -0.4 is 16.0 Å². The molecule has 2 heterocycles. The van der Waals surface area contributed by atoms with Gasteiger partial charge in [0, 0.05) is 27.2 Å². The molecule has 1 fully saturated rings. The first-order chi connectivity index (χ1) is 9.00. The normalized spacial score (nSPS) is 16.4. The van der Waals surface area contributed by atoms with E-state index < -0.39 is 0 Å². The van der Waals surface area contributed by atoms with E-state index in [-0.39, 0.29) is 11.9 Å². The Hall–Kier alpha value is -1.34. The zero-order chi connectivity index (χ0) is 14.0. The Morgan fingerprint density at radius 1 is 1.37 bits per heavy atom. The summed E-state index contributed by atoms with van der Waals surface area (Å²) in [6, 6.07) is 0.290. The second-order valence-electron chi connectivity index (χ2n) is 5.00. The average Bonchev–Trinajstić information content (AvgIpc) is 2.80. The van der Waals surface area contributed by atoms with Gasteiger partial charge in [0.05, 0.1) is 0 Å². The van der Waals surface area contributed by atoms with E-state index in [9.17, 15) is 4.79 Å². The molecule has 0 saturated carbocycles. The van der Waals surface area contributed by atoms with Gasteiger partial charge in [0.1, 0.15) is 10.7 Å². The third-order valence-electron chi connectivity index (χ3n) is 3.40. The number of hydrogen-bond acceptors (Lipinski definition) is 6. The van der Waals surface area contributed by atoms with Gasteiger partial charge in [-0.2, -0.15) is 0 Å². The molecule has 3 N–H and O–H groups in total. The quantitative estimate of drug-likeness (QED) is 0.850. The Kier molecular flexibility index (Phi) is 4.26. The summed E-state index contributed by atoms with van der Waals surface area (Å²) < 4.78 is 0. The number of aromatic nitrogens is 1. The Morgan fingerprint density at radius 3 is 2.53 bits per heavy atom. The summed E-state index contributed by atoms with van der Waals surface area (Å²) in [6.45, 7) is 1.92. The highest BCUT2D eigenvalue weighted by Crippen LogP contribution is 2.28. The SMILES string of the molecule is CN(C)c1nc(N)c(C(=O)N(C)C2CCNCC2)s1. The minimum atomic E-state index is -0.0185. The van der Waals surface area contributed by atoms with Crippen molar-refractivity contribution in [1.82, 2.24) is 15.2 Å². The lowest BCUT2D eigenvalue weighted by molar-refractivity contribution is 0.0709. The molecule has 2 rings (SSSR count). The van der Waals surface area contributed by atoms with Crippen LogP contribution in [0.15, 0.2) is 0 Å². The Bertz CT molecular complexity index is 453. The molecular formula is C12H21N5OS. The molecule has 0 unspecified atom stereocenters. The lowest BCUT2D eigenvalue weighted by Crippen LogP contribution is -2.43. The molecule has 7 heteroatoms.